The van der Waals surface area contributed by atoms with Gasteiger partial charge in [0.1, 0.15) is 0 Å². The highest BCUT2D eigenvalue weighted by Gasteiger charge is 2.34. The van der Waals surface area contributed by atoms with Crippen LogP contribution in [0.4, 0.5) is 0 Å². The standard InChI is InChI=1S/C15H19N5S/c1-9-8-13(14(16)12-5-3-2-4-11(9)12)21-15-17-18-19-20(15)10-6-7-10/h2-5,9-10,13-14H,6-8,16H2,1H3. The van der Waals surface area contributed by atoms with Gasteiger partial charge in [-0.05, 0) is 46.7 Å². The fourth-order valence-electron chi connectivity index (χ4n) is 3.15. The van der Waals surface area contributed by atoms with E-state index in [9.17, 15) is 0 Å². The van der Waals surface area contributed by atoms with Gasteiger partial charge in [0.15, 0.2) is 0 Å². The predicted octanol–water partition coefficient (Wildman–Crippen LogP) is 2.68. The molecule has 4 rings (SSSR count). The number of rotatable bonds is 3. The third kappa shape index (κ3) is 2.36. The summed E-state index contributed by atoms with van der Waals surface area (Å²) in [5.74, 6) is 0.531. The van der Waals surface area contributed by atoms with E-state index >= 15 is 0 Å². The van der Waals surface area contributed by atoms with Gasteiger partial charge < -0.3 is 5.73 Å². The van der Waals surface area contributed by atoms with Crippen LogP contribution in [0.3, 0.4) is 0 Å². The molecule has 2 N–H and O–H groups in total. The first-order valence-electron chi connectivity index (χ1n) is 7.53. The van der Waals surface area contributed by atoms with Gasteiger partial charge >= 0.3 is 0 Å². The quantitative estimate of drug-likeness (QED) is 0.944. The summed E-state index contributed by atoms with van der Waals surface area (Å²) >= 11 is 1.74. The molecule has 3 unspecified atom stereocenters. The van der Waals surface area contributed by atoms with Crippen LogP contribution in [0, 0.1) is 0 Å². The number of fused-ring (bicyclic) bond motifs is 1. The van der Waals surface area contributed by atoms with Crippen LogP contribution in [0.2, 0.25) is 0 Å². The third-order valence-electron chi connectivity index (χ3n) is 4.48. The summed E-state index contributed by atoms with van der Waals surface area (Å²) < 4.78 is 1.97. The lowest BCUT2D eigenvalue weighted by atomic mass is 9.81. The van der Waals surface area contributed by atoms with Crippen LogP contribution in [0.1, 0.15) is 55.3 Å². The second-order valence-electron chi connectivity index (χ2n) is 6.08. The van der Waals surface area contributed by atoms with Crippen molar-refractivity contribution in [1.29, 1.82) is 0 Å². The molecule has 2 aliphatic carbocycles. The topological polar surface area (TPSA) is 69.6 Å². The number of benzene rings is 1. The number of thioether (sulfide) groups is 1. The second-order valence-corrected chi connectivity index (χ2v) is 7.29. The van der Waals surface area contributed by atoms with Gasteiger partial charge in [-0.15, -0.1) is 5.10 Å². The van der Waals surface area contributed by atoms with Crippen LogP contribution in [0.15, 0.2) is 29.4 Å². The Kier molecular flexibility index (Phi) is 3.23. The fraction of sp³-hybridized carbons (Fsp3) is 0.533. The number of hydrogen-bond donors (Lipinski definition) is 1. The summed E-state index contributed by atoms with van der Waals surface area (Å²) in [5, 5.41) is 13.4. The van der Waals surface area contributed by atoms with Crippen LogP contribution < -0.4 is 5.73 Å². The number of tetrazole rings is 1. The van der Waals surface area contributed by atoms with E-state index in [1.807, 2.05) is 4.68 Å². The molecule has 1 fully saturated rings. The summed E-state index contributed by atoms with van der Waals surface area (Å²) in [4.78, 5) is 0. The lowest BCUT2D eigenvalue weighted by molar-refractivity contribution is 0.520. The van der Waals surface area contributed by atoms with Gasteiger partial charge in [-0.1, -0.05) is 43.0 Å². The Morgan fingerprint density at radius 3 is 2.76 bits per heavy atom. The largest absolute Gasteiger partial charge is 0.323 e. The van der Waals surface area contributed by atoms with E-state index < -0.39 is 0 Å². The maximum atomic E-state index is 6.51. The Hall–Kier alpha value is -1.40. The zero-order valence-corrected chi connectivity index (χ0v) is 12.8. The van der Waals surface area contributed by atoms with Crippen molar-refractivity contribution in [2.24, 2.45) is 5.73 Å². The molecule has 1 heterocycles. The number of nitrogens with zero attached hydrogens (tertiary/aromatic N) is 4. The minimum absolute atomic E-state index is 0.0479. The molecule has 21 heavy (non-hydrogen) atoms. The van der Waals surface area contributed by atoms with E-state index in [1.54, 1.807) is 11.8 Å². The highest BCUT2D eigenvalue weighted by molar-refractivity contribution is 7.99. The summed E-state index contributed by atoms with van der Waals surface area (Å²) in [6, 6.07) is 9.09. The van der Waals surface area contributed by atoms with E-state index in [-0.39, 0.29) is 6.04 Å². The van der Waals surface area contributed by atoms with Crippen LogP contribution in [-0.2, 0) is 0 Å². The molecule has 0 amide bonds. The van der Waals surface area contributed by atoms with Gasteiger partial charge in [0, 0.05) is 11.3 Å². The van der Waals surface area contributed by atoms with Crippen molar-refractivity contribution >= 4 is 11.8 Å². The van der Waals surface area contributed by atoms with Gasteiger partial charge in [0.05, 0.1) is 6.04 Å². The molecule has 2 aliphatic rings. The van der Waals surface area contributed by atoms with Gasteiger partial charge in [-0.3, -0.25) is 0 Å². The second kappa shape index (κ2) is 5.10. The fourth-order valence-corrected chi connectivity index (χ4v) is 4.48. The maximum absolute atomic E-state index is 6.51. The first-order chi connectivity index (χ1) is 10.2. The summed E-state index contributed by atoms with van der Waals surface area (Å²) in [6.45, 7) is 2.28. The van der Waals surface area contributed by atoms with Gasteiger partial charge in [-0.25, -0.2) is 4.68 Å². The van der Waals surface area contributed by atoms with Crippen molar-refractivity contribution in [1.82, 2.24) is 20.2 Å². The molecule has 0 spiro atoms. The molecule has 0 bridgehead atoms. The van der Waals surface area contributed by atoms with E-state index in [1.165, 1.54) is 24.0 Å². The predicted molar refractivity (Wildman–Crippen MR) is 82.1 cm³/mol. The number of hydrogen-bond acceptors (Lipinski definition) is 5. The zero-order chi connectivity index (χ0) is 14.4. The first-order valence-corrected chi connectivity index (χ1v) is 8.41. The Labute approximate surface area is 128 Å². The third-order valence-corrected chi connectivity index (χ3v) is 5.75. The van der Waals surface area contributed by atoms with Crippen molar-refractivity contribution in [3.63, 3.8) is 0 Å². The molecule has 1 saturated carbocycles. The van der Waals surface area contributed by atoms with Gasteiger partial charge in [-0.2, -0.15) is 0 Å². The minimum atomic E-state index is 0.0479. The van der Waals surface area contributed by atoms with Crippen molar-refractivity contribution in [3.05, 3.63) is 35.4 Å². The van der Waals surface area contributed by atoms with Crippen LogP contribution in [-0.4, -0.2) is 25.5 Å². The first kappa shape index (κ1) is 13.3. The maximum Gasteiger partial charge on any atom is 0.209 e. The normalized spacial score (nSPS) is 28.4. The number of nitrogens with two attached hydrogens (primary N) is 1. The Balaban J connectivity index is 1.60. The lowest BCUT2D eigenvalue weighted by Crippen LogP contribution is -2.31. The monoisotopic (exact) mass is 301 g/mol. The Morgan fingerprint density at radius 2 is 2.00 bits per heavy atom. The zero-order valence-electron chi connectivity index (χ0n) is 12.0. The molecule has 6 heteroatoms. The molecule has 0 saturated heterocycles. The van der Waals surface area contributed by atoms with Gasteiger partial charge in [0.2, 0.25) is 5.16 Å². The molecule has 2 aromatic rings. The summed E-state index contributed by atoms with van der Waals surface area (Å²) in [6.07, 6.45) is 3.45. The highest BCUT2D eigenvalue weighted by atomic mass is 32.2. The molecule has 0 aliphatic heterocycles. The number of aromatic nitrogens is 4. The van der Waals surface area contributed by atoms with Crippen LogP contribution in [0.5, 0.6) is 0 Å². The Bertz CT molecular complexity index is 651. The minimum Gasteiger partial charge on any atom is -0.323 e. The van der Waals surface area contributed by atoms with Crippen molar-refractivity contribution < 1.29 is 0 Å². The molecule has 5 nitrogen and oxygen atoms in total. The van der Waals surface area contributed by atoms with E-state index in [2.05, 4.69) is 46.7 Å². The molecular formula is C15H19N5S. The van der Waals surface area contributed by atoms with E-state index in [4.69, 9.17) is 5.73 Å². The smallest absolute Gasteiger partial charge is 0.209 e. The van der Waals surface area contributed by atoms with Gasteiger partial charge in [0.25, 0.3) is 0 Å². The van der Waals surface area contributed by atoms with Crippen molar-refractivity contribution in [2.75, 3.05) is 0 Å². The van der Waals surface area contributed by atoms with E-state index in [0.29, 0.717) is 17.2 Å². The van der Waals surface area contributed by atoms with Crippen molar-refractivity contribution in [2.45, 2.75) is 54.6 Å². The molecule has 0 radical (unpaired) electrons. The molecular weight excluding hydrogens is 282 g/mol. The average molecular weight is 301 g/mol. The lowest BCUT2D eigenvalue weighted by Gasteiger charge is -2.34. The molecule has 110 valence electrons. The molecule has 1 aromatic heterocycles. The molecule has 1 aromatic carbocycles. The average Bonchev–Trinajstić information content (AvgIpc) is 3.24. The SMILES string of the molecule is CC1CC(Sc2nnnn2C2CC2)C(N)c2ccccc21. The van der Waals surface area contributed by atoms with Crippen LogP contribution >= 0.6 is 11.8 Å². The Morgan fingerprint density at radius 1 is 1.24 bits per heavy atom. The molecule has 3 atom stereocenters. The summed E-state index contributed by atoms with van der Waals surface area (Å²) in [7, 11) is 0. The van der Waals surface area contributed by atoms with Crippen molar-refractivity contribution in [3.8, 4) is 0 Å². The van der Waals surface area contributed by atoms with E-state index in [0.717, 1.165) is 11.6 Å². The summed E-state index contributed by atoms with van der Waals surface area (Å²) in [5.41, 5.74) is 9.18. The van der Waals surface area contributed by atoms with Crippen LogP contribution in [0.25, 0.3) is 0 Å². The highest BCUT2D eigenvalue weighted by Crippen LogP contribution is 2.44.